The number of benzene rings is 1. The molecule has 3 heteroatoms. The van der Waals surface area contributed by atoms with Gasteiger partial charge in [-0.05, 0) is 42.9 Å². The fourth-order valence-corrected chi connectivity index (χ4v) is 2.64. The highest BCUT2D eigenvalue weighted by Crippen LogP contribution is 2.26. The third kappa shape index (κ3) is 4.05. The predicted octanol–water partition coefficient (Wildman–Crippen LogP) is 3.64. The monoisotopic (exact) mass is 264 g/mol. The van der Waals surface area contributed by atoms with Crippen molar-refractivity contribution in [1.29, 1.82) is 0 Å². The lowest BCUT2D eigenvalue weighted by molar-refractivity contribution is -0.150. The van der Waals surface area contributed by atoms with Crippen LogP contribution in [-0.2, 0) is 16.0 Å². The Hall–Kier alpha value is -0.960. The van der Waals surface area contributed by atoms with Gasteiger partial charge in [0.1, 0.15) is 6.10 Å². The Balaban J connectivity index is 1.83. The molecule has 0 heterocycles. The number of esters is 1. The van der Waals surface area contributed by atoms with E-state index in [4.69, 9.17) is 4.74 Å². The second kappa shape index (κ2) is 6.28. The molecule has 0 spiro atoms. The van der Waals surface area contributed by atoms with Gasteiger partial charge in [-0.2, -0.15) is 0 Å². The van der Waals surface area contributed by atoms with Gasteiger partial charge in [0.25, 0.3) is 0 Å². The Labute approximate surface area is 114 Å². The Morgan fingerprint density at radius 2 is 2.06 bits per heavy atom. The first kappa shape index (κ1) is 13.5. The van der Waals surface area contributed by atoms with Crippen LogP contribution in [0.4, 0.5) is 0 Å². The Morgan fingerprint density at radius 1 is 1.33 bits per heavy atom. The molecule has 0 aromatic heterocycles. The molecule has 1 aromatic rings. The van der Waals surface area contributed by atoms with E-state index in [1.165, 1.54) is 12.8 Å². The van der Waals surface area contributed by atoms with Crippen LogP contribution in [0.5, 0.6) is 0 Å². The van der Waals surface area contributed by atoms with Crippen LogP contribution in [-0.4, -0.2) is 12.1 Å². The summed E-state index contributed by atoms with van der Waals surface area (Å²) in [7, 11) is 0. The van der Waals surface area contributed by atoms with Gasteiger partial charge in [0.15, 0.2) is 0 Å². The summed E-state index contributed by atoms with van der Waals surface area (Å²) in [5, 5.41) is 0. The summed E-state index contributed by atoms with van der Waals surface area (Å²) in [6, 6.07) is 7.64. The zero-order chi connectivity index (χ0) is 13.0. The molecule has 2 rings (SSSR count). The van der Waals surface area contributed by atoms with E-state index in [1.807, 2.05) is 24.3 Å². The van der Waals surface area contributed by atoms with Crippen molar-refractivity contribution in [3.8, 4) is 0 Å². The minimum absolute atomic E-state index is 0.110. The van der Waals surface area contributed by atoms with Gasteiger partial charge in [0, 0.05) is 4.90 Å². The Kier molecular flexibility index (Phi) is 4.70. The summed E-state index contributed by atoms with van der Waals surface area (Å²) >= 11 is 4.22. The van der Waals surface area contributed by atoms with E-state index < -0.39 is 0 Å². The predicted molar refractivity (Wildman–Crippen MR) is 74.9 cm³/mol. The van der Waals surface area contributed by atoms with Crippen molar-refractivity contribution in [3.05, 3.63) is 29.8 Å². The molecule has 0 aliphatic heterocycles. The Bertz CT molecular complexity index is 399. The van der Waals surface area contributed by atoms with Crippen LogP contribution >= 0.6 is 12.6 Å². The van der Waals surface area contributed by atoms with Crippen LogP contribution in [0.3, 0.4) is 0 Å². The van der Waals surface area contributed by atoms with Crippen LogP contribution in [0.25, 0.3) is 0 Å². The van der Waals surface area contributed by atoms with Crippen molar-refractivity contribution < 1.29 is 9.53 Å². The molecular weight excluding hydrogens is 244 g/mol. The second-order valence-corrected chi connectivity index (χ2v) is 5.74. The number of rotatable bonds is 3. The van der Waals surface area contributed by atoms with Crippen LogP contribution in [0.1, 0.15) is 38.2 Å². The van der Waals surface area contributed by atoms with Crippen LogP contribution in [0.2, 0.25) is 0 Å². The molecular formula is C15H20O2S. The van der Waals surface area contributed by atoms with Crippen molar-refractivity contribution in [3.63, 3.8) is 0 Å². The van der Waals surface area contributed by atoms with Gasteiger partial charge in [0.2, 0.25) is 0 Å². The highest BCUT2D eigenvalue weighted by Gasteiger charge is 2.22. The molecule has 0 N–H and O–H groups in total. The zero-order valence-corrected chi connectivity index (χ0v) is 11.7. The normalized spacial score (nSPS) is 23.7. The molecule has 1 fully saturated rings. The third-order valence-corrected chi connectivity index (χ3v) is 3.77. The molecule has 2 unspecified atom stereocenters. The van der Waals surface area contributed by atoms with Crippen molar-refractivity contribution in [2.45, 2.75) is 50.0 Å². The average molecular weight is 264 g/mol. The first-order chi connectivity index (χ1) is 8.63. The van der Waals surface area contributed by atoms with E-state index in [1.54, 1.807) is 0 Å². The molecule has 98 valence electrons. The lowest BCUT2D eigenvalue weighted by Gasteiger charge is -2.26. The topological polar surface area (TPSA) is 26.3 Å². The lowest BCUT2D eigenvalue weighted by atomic mass is 9.89. The molecule has 0 bridgehead atoms. The molecule has 0 radical (unpaired) electrons. The first-order valence-corrected chi connectivity index (χ1v) is 7.05. The molecule has 1 saturated carbocycles. The largest absolute Gasteiger partial charge is 0.462 e. The smallest absolute Gasteiger partial charge is 0.310 e. The quantitative estimate of drug-likeness (QED) is 0.666. The maximum atomic E-state index is 11.8. The van der Waals surface area contributed by atoms with E-state index in [0.717, 1.165) is 23.3 Å². The summed E-state index contributed by atoms with van der Waals surface area (Å²) in [6.45, 7) is 2.23. The number of carbonyl (C=O) groups is 1. The third-order valence-electron chi connectivity index (χ3n) is 3.47. The number of carbonyl (C=O) groups excluding carboxylic acids is 1. The molecule has 18 heavy (non-hydrogen) atoms. The van der Waals surface area contributed by atoms with Crippen LogP contribution < -0.4 is 0 Å². The van der Waals surface area contributed by atoms with Crippen molar-refractivity contribution in [1.82, 2.24) is 0 Å². The summed E-state index contributed by atoms with van der Waals surface area (Å²) < 4.78 is 5.54. The Morgan fingerprint density at radius 3 is 2.72 bits per heavy atom. The van der Waals surface area contributed by atoms with Gasteiger partial charge in [-0.25, -0.2) is 0 Å². The first-order valence-electron chi connectivity index (χ1n) is 6.61. The highest BCUT2D eigenvalue weighted by atomic mass is 32.1. The maximum Gasteiger partial charge on any atom is 0.310 e. The zero-order valence-electron chi connectivity index (χ0n) is 10.8. The average Bonchev–Trinajstić information content (AvgIpc) is 2.32. The molecule has 2 atom stereocenters. The van der Waals surface area contributed by atoms with Gasteiger partial charge in [0.05, 0.1) is 6.42 Å². The van der Waals surface area contributed by atoms with Gasteiger partial charge in [-0.1, -0.05) is 25.5 Å². The molecule has 0 amide bonds. The van der Waals surface area contributed by atoms with Gasteiger partial charge in [-0.15, -0.1) is 12.6 Å². The van der Waals surface area contributed by atoms with Crippen molar-refractivity contribution >= 4 is 18.6 Å². The minimum Gasteiger partial charge on any atom is -0.462 e. The summed E-state index contributed by atoms with van der Waals surface area (Å²) in [4.78, 5) is 12.7. The van der Waals surface area contributed by atoms with Gasteiger partial charge in [-0.3, -0.25) is 4.79 Å². The van der Waals surface area contributed by atoms with Crippen LogP contribution in [0, 0.1) is 5.92 Å². The van der Waals surface area contributed by atoms with E-state index in [0.29, 0.717) is 12.3 Å². The molecule has 2 nitrogen and oxygen atoms in total. The number of hydrogen-bond acceptors (Lipinski definition) is 3. The van der Waals surface area contributed by atoms with Gasteiger partial charge < -0.3 is 4.74 Å². The summed E-state index contributed by atoms with van der Waals surface area (Å²) in [6.07, 6.45) is 4.96. The van der Waals surface area contributed by atoms with E-state index in [-0.39, 0.29) is 12.1 Å². The second-order valence-electron chi connectivity index (χ2n) is 5.23. The number of ether oxygens (including phenoxy) is 1. The summed E-state index contributed by atoms with van der Waals surface area (Å²) in [5.41, 5.74) is 0.988. The van der Waals surface area contributed by atoms with Crippen LogP contribution in [0.15, 0.2) is 29.2 Å². The maximum absolute atomic E-state index is 11.8. The summed E-state index contributed by atoms with van der Waals surface area (Å²) in [5.74, 6) is 0.570. The van der Waals surface area contributed by atoms with Crippen molar-refractivity contribution in [2.75, 3.05) is 0 Å². The van der Waals surface area contributed by atoms with E-state index in [9.17, 15) is 4.79 Å². The van der Waals surface area contributed by atoms with E-state index >= 15 is 0 Å². The molecule has 1 aliphatic carbocycles. The molecule has 0 saturated heterocycles. The highest BCUT2D eigenvalue weighted by molar-refractivity contribution is 7.80. The van der Waals surface area contributed by atoms with Gasteiger partial charge >= 0.3 is 5.97 Å². The minimum atomic E-state index is -0.110. The fraction of sp³-hybridized carbons (Fsp3) is 0.533. The van der Waals surface area contributed by atoms with Crippen molar-refractivity contribution in [2.24, 2.45) is 5.92 Å². The molecule has 1 aromatic carbocycles. The number of hydrogen-bond donors (Lipinski definition) is 1. The lowest BCUT2D eigenvalue weighted by Crippen LogP contribution is -2.25. The van der Waals surface area contributed by atoms with E-state index in [2.05, 4.69) is 19.6 Å². The SMILES string of the molecule is CC1CCCC(OC(=O)Cc2ccc(S)cc2)C1. The standard InChI is InChI=1S/C15H20O2S/c1-11-3-2-4-13(9-11)17-15(16)10-12-5-7-14(18)8-6-12/h5-8,11,13,18H,2-4,9-10H2,1H3. The number of thiol groups is 1. The fourth-order valence-electron chi connectivity index (χ4n) is 2.49. The molecule has 1 aliphatic rings.